The van der Waals surface area contributed by atoms with Crippen molar-refractivity contribution in [1.82, 2.24) is 0 Å². The lowest BCUT2D eigenvalue weighted by Crippen LogP contribution is -2.41. The quantitative estimate of drug-likeness (QED) is 0.564. The van der Waals surface area contributed by atoms with E-state index in [0.29, 0.717) is 14.8 Å². The molecule has 0 atom stereocenters. The van der Waals surface area contributed by atoms with Crippen LogP contribution in [0, 0.1) is 10.4 Å². The number of aromatic nitrogens is 2. The van der Waals surface area contributed by atoms with Crippen LogP contribution in [0.15, 0.2) is 24.5 Å². The fourth-order valence-corrected chi connectivity index (χ4v) is 2.01. The Kier molecular flexibility index (Phi) is 2.86. The highest BCUT2D eigenvalue weighted by molar-refractivity contribution is 5.97. The molecule has 0 unspecified atom stereocenters. The molecule has 0 saturated heterocycles. The number of rotatable bonds is 2. The zero-order chi connectivity index (χ0) is 13.4. The second-order valence-electron chi connectivity index (χ2n) is 4.54. The highest BCUT2D eigenvalue weighted by Gasteiger charge is 2.23. The molecule has 0 fully saturated rings. The van der Waals surface area contributed by atoms with Gasteiger partial charge in [-0.05, 0) is 0 Å². The number of fused-ring (bicyclic) bond motifs is 1. The number of hydrogen-bond acceptors (Lipinski definition) is 4. The summed E-state index contributed by atoms with van der Waals surface area (Å²) >= 11 is 0. The standard InChI is InChI=1S/C12H16N4O2/c1-13(2)9-5-7-15(17)12-11(9)10(14(3)4)6-8-16(12)18/h5-8H,1-4H3. The molecule has 0 aromatic carbocycles. The van der Waals surface area contributed by atoms with Gasteiger partial charge in [0.2, 0.25) is 0 Å². The third-order valence-corrected chi connectivity index (χ3v) is 2.85. The van der Waals surface area contributed by atoms with Crippen molar-refractivity contribution >= 4 is 22.4 Å². The van der Waals surface area contributed by atoms with Gasteiger partial charge in [-0.15, -0.1) is 9.46 Å². The van der Waals surface area contributed by atoms with E-state index in [1.54, 1.807) is 12.1 Å². The molecule has 0 aliphatic carbocycles. The maximum atomic E-state index is 11.8. The van der Waals surface area contributed by atoms with E-state index in [1.165, 1.54) is 12.4 Å². The van der Waals surface area contributed by atoms with Crippen molar-refractivity contribution in [2.24, 2.45) is 0 Å². The van der Waals surface area contributed by atoms with Crippen LogP contribution >= 0.6 is 0 Å². The molecular weight excluding hydrogens is 232 g/mol. The summed E-state index contributed by atoms with van der Waals surface area (Å²) in [5.41, 5.74) is 1.78. The molecule has 0 spiro atoms. The fraction of sp³-hybridized carbons (Fsp3) is 0.333. The van der Waals surface area contributed by atoms with Crippen LogP contribution in [0.1, 0.15) is 0 Å². The van der Waals surface area contributed by atoms with Crippen LogP contribution in [0.2, 0.25) is 0 Å². The van der Waals surface area contributed by atoms with Crippen LogP contribution in [0.4, 0.5) is 11.4 Å². The molecule has 0 saturated carbocycles. The van der Waals surface area contributed by atoms with E-state index in [2.05, 4.69) is 0 Å². The van der Waals surface area contributed by atoms with Crippen LogP contribution < -0.4 is 19.3 Å². The summed E-state index contributed by atoms with van der Waals surface area (Å²) in [6.45, 7) is 0. The first-order valence-corrected chi connectivity index (χ1v) is 5.56. The van der Waals surface area contributed by atoms with Crippen molar-refractivity contribution < 1.29 is 9.46 Å². The first-order valence-electron chi connectivity index (χ1n) is 5.56. The highest BCUT2D eigenvalue weighted by atomic mass is 16.5. The van der Waals surface area contributed by atoms with E-state index in [0.717, 1.165) is 11.4 Å². The Labute approximate surface area is 105 Å². The first kappa shape index (κ1) is 12.2. The third-order valence-electron chi connectivity index (χ3n) is 2.85. The largest absolute Gasteiger partial charge is 0.614 e. The summed E-state index contributed by atoms with van der Waals surface area (Å²) in [6.07, 6.45) is 2.71. The van der Waals surface area contributed by atoms with E-state index in [1.807, 2.05) is 38.0 Å². The predicted octanol–water partition coefficient (Wildman–Crippen LogP) is 0.239. The Morgan fingerprint density at radius 3 is 1.56 bits per heavy atom. The van der Waals surface area contributed by atoms with Crippen LogP contribution in [0.3, 0.4) is 0 Å². The van der Waals surface area contributed by atoms with Crippen molar-refractivity contribution in [2.45, 2.75) is 0 Å². The number of anilines is 2. The Morgan fingerprint density at radius 1 is 0.833 bits per heavy atom. The van der Waals surface area contributed by atoms with Crippen LogP contribution in [-0.4, -0.2) is 28.2 Å². The fourth-order valence-electron chi connectivity index (χ4n) is 2.01. The summed E-state index contributed by atoms with van der Waals surface area (Å²) in [4.78, 5) is 3.77. The molecule has 2 heterocycles. The van der Waals surface area contributed by atoms with Crippen LogP contribution in [-0.2, 0) is 0 Å². The number of hydrogen-bond donors (Lipinski definition) is 0. The molecule has 96 valence electrons. The summed E-state index contributed by atoms with van der Waals surface area (Å²) in [5, 5.41) is 24.3. The van der Waals surface area contributed by atoms with E-state index in [-0.39, 0.29) is 5.65 Å². The lowest BCUT2D eigenvalue weighted by Gasteiger charge is -2.19. The smallest absolute Gasteiger partial charge is 0.478 e. The zero-order valence-corrected chi connectivity index (χ0v) is 10.9. The van der Waals surface area contributed by atoms with Crippen molar-refractivity contribution in [3.63, 3.8) is 0 Å². The van der Waals surface area contributed by atoms with E-state index >= 15 is 0 Å². The number of pyridine rings is 2. The van der Waals surface area contributed by atoms with Gasteiger partial charge >= 0.3 is 5.65 Å². The first-order chi connectivity index (χ1) is 8.43. The predicted molar refractivity (Wildman–Crippen MR) is 70.5 cm³/mol. The summed E-state index contributed by atoms with van der Waals surface area (Å²) in [7, 11) is 7.52. The molecule has 18 heavy (non-hydrogen) atoms. The SMILES string of the molecule is CN(C)c1cc[n+]([O-])c2c1c(N(C)C)cc[n+]2[O-]. The lowest BCUT2D eigenvalue weighted by molar-refractivity contribution is -0.691. The van der Waals surface area contributed by atoms with E-state index < -0.39 is 0 Å². The van der Waals surface area contributed by atoms with Gasteiger partial charge in [-0.25, -0.2) is 0 Å². The van der Waals surface area contributed by atoms with Gasteiger partial charge in [-0.2, -0.15) is 0 Å². The van der Waals surface area contributed by atoms with Crippen molar-refractivity contribution in [2.75, 3.05) is 38.0 Å². The van der Waals surface area contributed by atoms with Gasteiger partial charge in [-0.3, -0.25) is 0 Å². The molecule has 2 aromatic heterocycles. The Morgan fingerprint density at radius 2 is 1.22 bits per heavy atom. The second-order valence-corrected chi connectivity index (χ2v) is 4.54. The monoisotopic (exact) mass is 248 g/mol. The van der Waals surface area contributed by atoms with Crippen LogP contribution in [0.25, 0.3) is 11.0 Å². The molecule has 6 nitrogen and oxygen atoms in total. The minimum atomic E-state index is 0.104. The highest BCUT2D eigenvalue weighted by Crippen LogP contribution is 2.29. The van der Waals surface area contributed by atoms with Gasteiger partial charge in [0.05, 0.1) is 11.4 Å². The van der Waals surface area contributed by atoms with Crippen molar-refractivity contribution in [1.29, 1.82) is 0 Å². The van der Waals surface area contributed by atoms with Crippen molar-refractivity contribution in [3.05, 3.63) is 34.9 Å². The zero-order valence-electron chi connectivity index (χ0n) is 10.9. The average Bonchev–Trinajstić information content (AvgIpc) is 2.28. The minimum Gasteiger partial charge on any atom is -0.614 e. The van der Waals surface area contributed by atoms with Crippen molar-refractivity contribution in [3.8, 4) is 0 Å². The Balaban J connectivity index is 2.97. The minimum absolute atomic E-state index is 0.104. The number of nitrogens with zero attached hydrogens (tertiary/aromatic N) is 4. The second kappa shape index (κ2) is 4.21. The third kappa shape index (κ3) is 1.75. The normalized spacial score (nSPS) is 10.7. The van der Waals surface area contributed by atoms with Gasteiger partial charge in [0.15, 0.2) is 17.8 Å². The lowest BCUT2D eigenvalue weighted by atomic mass is 10.2. The van der Waals surface area contributed by atoms with Gasteiger partial charge in [-0.1, -0.05) is 0 Å². The molecule has 0 N–H and O–H groups in total. The molecule has 0 radical (unpaired) electrons. The molecule has 2 aromatic rings. The topological polar surface area (TPSA) is 60.4 Å². The van der Waals surface area contributed by atoms with E-state index in [9.17, 15) is 10.4 Å². The summed E-state index contributed by atoms with van der Waals surface area (Å²) < 4.78 is 1.20. The van der Waals surface area contributed by atoms with Crippen LogP contribution in [0.5, 0.6) is 0 Å². The molecule has 0 aliphatic heterocycles. The molecule has 2 rings (SSSR count). The Hall–Kier alpha value is -2.24. The molecular formula is C12H16N4O2. The molecule has 0 bridgehead atoms. The summed E-state index contributed by atoms with van der Waals surface area (Å²) in [6, 6.07) is 3.42. The Bertz CT molecular complexity index is 547. The molecule has 6 heteroatoms. The van der Waals surface area contributed by atoms with E-state index in [4.69, 9.17) is 0 Å². The molecule has 0 amide bonds. The maximum absolute atomic E-state index is 11.8. The maximum Gasteiger partial charge on any atom is 0.478 e. The average molecular weight is 248 g/mol. The van der Waals surface area contributed by atoms with Gasteiger partial charge in [0.1, 0.15) is 0 Å². The van der Waals surface area contributed by atoms with Gasteiger partial charge in [0, 0.05) is 40.3 Å². The van der Waals surface area contributed by atoms with Gasteiger partial charge in [0.25, 0.3) is 0 Å². The molecule has 0 aliphatic rings. The summed E-state index contributed by atoms with van der Waals surface area (Å²) in [5.74, 6) is 0. The van der Waals surface area contributed by atoms with Gasteiger partial charge < -0.3 is 20.2 Å².